The summed E-state index contributed by atoms with van der Waals surface area (Å²) in [5.41, 5.74) is 4.81. The predicted octanol–water partition coefficient (Wildman–Crippen LogP) is 1.59. The van der Waals surface area contributed by atoms with E-state index in [2.05, 4.69) is 5.32 Å². The number of non-ortho nitro benzene ring substituents is 1. The molecule has 0 fully saturated rings. The van der Waals surface area contributed by atoms with Crippen LogP contribution in [0.4, 0.5) is 10.1 Å². The Kier molecular flexibility index (Phi) is 5.37. The number of carbonyl (C=O) groups excluding carboxylic acids is 1. The van der Waals surface area contributed by atoms with E-state index < -0.39 is 16.6 Å². The fourth-order valence-electron chi connectivity index (χ4n) is 1.66. The van der Waals surface area contributed by atoms with Crippen LogP contribution in [0.3, 0.4) is 0 Å². The standard InChI is InChI=1S/C12H16FN3O3/c1-2-3-8(7-14)15-12(17)10-6-9(16(18)19)4-5-11(10)13/h4-6,8H,2-3,7,14H2,1H3,(H,15,17). The van der Waals surface area contributed by atoms with Crippen molar-refractivity contribution >= 4 is 11.6 Å². The van der Waals surface area contributed by atoms with Crippen molar-refractivity contribution in [1.82, 2.24) is 5.32 Å². The highest BCUT2D eigenvalue weighted by atomic mass is 19.1. The molecule has 0 aliphatic carbocycles. The molecular formula is C12H16FN3O3. The smallest absolute Gasteiger partial charge is 0.270 e. The van der Waals surface area contributed by atoms with Crippen LogP contribution in [0.2, 0.25) is 0 Å². The monoisotopic (exact) mass is 269 g/mol. The van der Waals surface area contributed by atoms with Gasteiger partial charge in [0, 0.05) is 24.7 Å². The second-order valence-electron chi connectivity index (χ2n) is 4.12. The van der Waals surface area contributed by atoms with E-state index in [-0.39, 0.29) is 23.8 Å². The van der Waals surface area contributed by atoms with Crippen molar-refractivity contribution in [3.8, 4) is 0 Å². The highest BCUT2D eigenvalue weighted by Gasteiger charge is 2.18. The van der Waals surface area contributed by atoms with Crippen LogP contribution >= 0.6 is 0 Å². The number of nitro benzene ring substituents is 1. The summed E-state index contributed by atoms with van der Waals surface area (Å²) in [6.07, 6.45) is 1.48. The maximum Gasteiger partial charge on any atom is 0.270 e. The lowest BCUT2D eigenvalue weighted by Gasteiger charge is -2.16. The Balaban J connectivity index is 2.92. The predicted molar refractivity (Wildman–Crippen MR) is 68.3 cm³/mol. The van der Waals surface area contributed by atoms with E-state index >= 15 is 0 Å². The van der Waals surface area contributed by atoms with Gasteiger partial charge in [0.15, 0.2) is 0 Å². The molecule has 0 aliphatic rings. The molecule has 0 spiro atoms. The second kappa shape index (κ2) is 6.79. The number of nitrogens with one attached hydrogen (secondary N) is 1. The lowest BCUT2D eigenvalue weighted by molar-refractivity contribution is -0.384. The van der Waals surface area contributed by atoms with Crippen molar-refractivity contribution in [3.05, 3.63) is 39.7 Å². The normalized spacial score (nSPS) is 11.9. The Morgan fingerprint density at radius 2 is 2.26 bits per heavy atom. The maximum absolute atomic E-state index is 13.5. The number of benzene rings is 1. The fraction of sp³-hybridized carbons (Fsp3) is 0.417. The molecule has 0 heterocycles. The Morgan fingerprint density at radius 1 is 1.58 bits per heavy atom. The molecule has 0 aromatic heterocycles. The Labute approximate surface area is 109 Å². The molecule has 1 amide bonds. The topological polar surface area (TPSA) is 98.3 Å². The third-order valence-corrected chi connectivity index (χ3v) is 2.66. The van der Waals surface area contributed by atoms with Gasteiger partial charge in [0.1, 0.15) is 5.82 Å². The zero-order valence-corrected chi connectivity index (χ0v) is 10.6. The van der Waals surface area contributed by atoms with E-state index in [1.807, 2.05) is 6.92 Å². The summed E-state index contributed by atoms with van der Waals surface area (Å²) in [6.45, 7) is 2.17. The van der Waals surface area contributed by atoms with Crippen LogP contribution in [-0.4, -0.2) is 23.4 Å². The molecular weight excluding hydrogens is 253 g/mol. The summed E-state index contributed by atoms with van der Waals surface area (Å²) < 4.78 is 13.5. The fourth-order valence-corrected chi connectivity index (χ4v) is 1.66. The SMILES string of the molecule is CCCC(CN)NC(=O)c1cc([N+](=O)[O-])ccc1F. The molecule has 1 aromatic rings. The van der Waals surface area contributed by atoms with Crippen LogP contribution in [0.5, 0.6) is 0 Å². The summed E-state index contributed by atoms with van der Waals surface area (Å²) >= 11 is 0. The van der Waals surface area contributed by atoms with Crippen molar-refractivity contribution in [2.75, 3.05) is 6.54 Å². The molecule has 3 N–H and O–H groups in total. The van der Waals surface area contributed by atoms with Crippen LogP contribution in [0.1, 0.15) is 30.1 Å². The zero-order valence-electron chi connectivity index (χ0n) is 10.6. The summed E-state index contributed by atoms with van der Waals surface area (Å²) in [5, 5.41) is 13.2. The number of carbonyl (C=O) groups is 1. The second-order valence-corrected chi connectivity index (χ2v) is 4.12. The van der Waals surface area contributed by atoms with E-state index in [1.54, 1.807) is 0 Å². The number of nitro groups is 1. The van der Waals surface area contributed by atoms with Gasteiger partial charge in [0.05, 0.1) is 10.5 Å². The number of hydrogen-bond acceptors (Lipinski definition) is 4. The molecule has 0 radical (unpaired) electrons. The molecule has 0 saturated carbocycles. The molecule has 19 heavy (non-hydrogen) atoms. The lowest BCUT2D eigenvalue weighted by Crippen LogP contribution is -2.40. The van der Waals surface area contributed by atoms with Crippen molar-refractivity contribution in [2.24, 2.45) is 5.73 Å². The van der Waals surface area contributed by atoms with Gasteiger partial charge in [0.25, 0.3) is 11.6 Å². The number of amides is 1. The lowest BCUT2D eigenvalue weighted by atomic mass is 10.1. The maximum atomic E-state index is 13.5. The van der Waals surface area contributed by atoms with Gasteiger partial charge in [-0.1, -0.05) is 13.3 Å². The van der Waals surface area contributed by atoms with Gasteiger partial charge in [-0.2, -0.15) is 0 Å². The Hall–Kier alpha value is -2.02. The molecule has 0 aliphatic heterocycles. The first-order valence-corrected chi connectivity index (χ1v) is 5.94. The molecule has 1 aromatic carbocycles. The van der Waals surface area contributed by atoms with E-state index in [0.717, 1.165) is 24.6 Å². The van der Waals surface area contributed by atoms with Crippen molar-refractivity contribution < 1.29 is 14.1 Å². The molecule has 0 bridgehead atoms. The Bertz CT molecular complexity index is 479. The molecule has 1 rings (SSSR count). The average Bonchev–Trinajstić information content (AvgIpc) is 2.38. The number of halogens is 1. The molecule has 1 unspecified atom stereocenters. The van der Waals surface area contributed by atoms with Crippen LogP contribution in [0.15, 0.2) is 18.2 Å². The van der Waals surface area contributed by atoms with Gasteiger partial charge < -0.3 is 11.1 Å². The molecule has 0 saturated heterocycles. The van der Waals surface area contributed by atoms with Gasteiger partial charge in [0.2, 0.25) is 0 Å². The van der Waals surface area contributed by atoms with E-state index in [4.69, 9.17) is 5.73 Å². The van der Waals surface area contributed by atoms with Gasteiger partial charge in [-0.15, -0.1) is 0 Å². The van der Waals surface area contributed by atoms with Gasteiger partial charge >= 0.3 is 0 Å². The molecule has 104 valence electrons. The minimum atomic E-state index is -0.796. The van der Waals surface area contributed by atoms with E-state index in [0.29, 0.717) is 6.42 Å². The Morgan fingerprint density at radius 3 is 2.79 bits per heavy atom. The minimum absolute atomic E-state index is 0.232. The number of hydrogen-bond donors (Lipinski definition) is 2. The van der Waals surface area contributed by atoms with Crippen molar-refractivity contribution in [3.63, 3.8) is 0 Å². The first-order valence-electron chi connectivity index (χ1n) is 5.94. The van der Waals surface area contributed by atoms with Crippen LogP contribution in [-0.2, 0) is 0 Å². The first-order chi connectivity index (χ1) is 8.99. The van der Waals surface area contributed by atoms with Gasteiger partial charge in [-0.3, -0.25) is 14.9 Å². The van der Waals surface area contributed by atoms with E-state index in [9.17, 15) is 19.3 Å². The van der Waals surface area contributed by atoms with Crippen LogP contribution in [0.25, 0.3) is 0 Å². The van der Waals surface area contributed by atoms with Crippen LogP contribution < -0.4 is 11.1 Å². The van der Waals surface area contributed by atoms with Crippen LogP contribution in [0, 0.1) is 15.9 Å². The third-order valence-electron chi connectivity index (χ3n) is 2.66. The quantitative estimate of drug-likeness (QED) is 0.605. The summed E-state index contributed by atoms with van der Waals surface area (Å²) in [5.74, 6) is -1.49. The van der Waals surface area contributed by atoms with Gasteiger partial charge in [-0.05, 0) is 12.5 Å². The summed E-state index contributed by atoms with van der Waals surface area (Å²) in [6, 6.07) is 2.57. The number of nitrogens with zero attached hydrogens (tertiary/aromatic N) is 1. The molecule has 7 heteroatoms. The molecule has 1 atom stereocenters. The summed E-state index contributed by atoms with van der Waals surface area (Å²) in [7, 11) is 0. The minimum Gasteiger partial charge on any atom is -0.348 e. The first kappa shape index (κ1) is 15.0. The molecule has 6 nitrogen and oxygen atoms in total. The largest absolute Gasteiger partial charge is 0.348 e. The third kappa shape index (κ3) is 3.99. The van der Waals surface area contributed by atoms with E-state index in [1.165, 1.54) is 0 Å². The number of rotatable bonds is 6. The zero-order chi connectivity index (χ0) is 14.4. The number of nitrogens with two attached hydrogens (primary N) is 1. The van der Waals surface area contributed by atoms with Gasteiger partial charge in [-0.25, -0.2) is 4.39 Å². The average molecular weight is 269 g/mol. The summed E-state index contributed by atoms with van der Waals surface area (Å²) in [4.78, 5) is 21.8. The highest BCUT2D eigenvalue weighted by Crippen LogP contribution is 2.17. The van der Waals surface area contributed by atoms with Crippen molar-refractivity contribution in [1.29, 1.82) is 0 Å². The highest BCUT2D eigenvalue weighted by molar-refractivity contribution is 5.95. The van der Waals surface area contributed by atoms with Crippen molar-refractivity contribution in [2.45, 2.75) is 25.8 Å².